The van der Waals surface area contributed by atoms with E-state index in [4.69, 9.17) is 0 Å². The van der Waals surface area contributed by atoms with Gasteiger partial charge in [0.2, 0.25) is 0 Å². The Bertz CT molecular complexity index is 3610. The third-order valence-electron chi connectivity index (χ3n) is 12.2. The highest BCUT2D eigenvalue weighted by Gasteiger charge is 2.24. The zero-order valence-corrected chi connectivity index (χ0v) is 38.4. The summed E-state index contributed by atoms with van der Waals surface area (Å²) in [7, 11) is 0. The minimum Gasteiger partial charge on any atom is -0.310 e. The van der Waals surface area contributed by atoms with Gasteiger partial charge in [0.25, 0.3) is 0 Å². The molecule has 10 aromatic carbocycles. The van der Waals surface area contributed by atoms with E-state index in [9.17, 15) is 0 Å². The van der Waals surface area contributed by atoms with Crippen LogP contribution in [-0.2, 0) is 0 Å². The molecule has 66 heavy (non-hydrogen) atoms. The van der Waals surface area contributed by atoms with E-state index in [2.05, 4.69) is 252 Å². The molecule has 2 nitrogen and oxygen atoms in total. The van der Waals surface area contributed by atoms with Gasteiger partial charge in [0.05, 0.1) is 10.4 Å². The topological polar surface area (TPSA) is 6.48 Å². The molecule has 0 saturated carbocycles. The Hall–Kier alpha value is -7.76. The van der Waals surface area contributed by atoms with Gasteiger partial charge in [-0.15, -0.1) is 22.7 Å². The van der Waals surface area contributed by atoms with E-state index in [0.717, 1.165) is 34.1 Å². The Labute approximate surface area is 394 Å². The van der Waals surface area contributed by atoms with Crippen LogP contribution < -0.4 is 9.80 Å². The van der Waals surface area contributed by atoms with Crippen LogP contribution in [0.4, 0.5) is 34.1 Å². The molecule has 0 bridgehead atoms. The van der Waals surface area contributed by atoms with Crippen molar-refractivity contribution >= 4 is 97.1 Å². The van der Waals surface area contributed by atoms with Crippen LogP contribution in [0.15, 0.2) is 243 Å². The highest BCUT2D eigenvalue weighted by molar-refractivity contribution is 7.26. The van der Waals surface area contributed by atoms with Gasteiger partial charge in [0.1, 0.15) is 0 Å². The first-order valence-corrected chi connectivity index (χ1v) is 24.3. The molecule has 0 unspecified atom stereocenters. The van der Waals surface area contributed by atoms with Crippen molar-refractivity contribution in [1.82, 2.24) is 0 Å². The molecule has 0 fully saturated rings. The quantitative estimate of drug-likeness (QED) is 0.143. The maximum absolute atomic E-state index is 2.45. The van der Waals surface area contributed by atoms with Gasteiger partial charge in [0, 0.05) is 64.1 Å². The number of hydrogen-bond acceptors (Lipinski definition) is 4. The maximum Gasteiger partial charge on any atom is 0.0661 e. The Balaban J connectivity index is 0.00000238. The van der Waals surface area contributed by atoms with Crippen LogP contribution in [0.3, 0.4) is 0 Å². The van der Waals surface area contributed by atoms with E-state index in [0.29, 0.717) is 0 Å². The summed E-state index contributed by atoms with van der Waals surface area (Å²) >= 11 is 3.73. The van der Waals surface area contributed by atoms with Gasteiger partial charge in [-0.1, -0.05) is 166 Å². The van der Waals surface area contributed by atoms with Crippen molar-refractivity contribution in [2.75, 3.05) is 9.80 Å². The van der Waals surface area contributed by atoms with Gasteiger partial charge < -0.3 is 9.80 Å². The average molecular weight is 883 g/mol. The molecule has 12 aromatic rings. The first kappa shape index (κ1) is 41.0. The minimum absolute atomic E-state index is 1.08. The molecule has 0 saturated heterocycles. The van der Waals surface area contributed by atoms with Crippen molar-refractivity contribution in [2.45, 2.75) is 13.8 Å². The number of hydrogen-bond donors (Lipinski definition) is 0. The summed E-state index contributed by atoms with van der Waals surface area (Å²) in [5, 5.41) is 5.09. The van der Waals surface area contributed by atoms with Crippen molar-refractivity contribution in [3.05, 3.63) is 243 Å². The van der Waals surface area contributed by atoms with Gasteiger partial charge in [-0.25, -0.2) is 0 Å². The zero-order chi connectivity index (χ0) is 44.4. The lowest BCUT2D eigenvalue weighted by Gasteiger charge is -2.30. The number of benzene rings is 10. The highest BCUT2D eigenvalue weighted by Crippen LogP contribution is 2.50. The summed E-state index contributed by atoms with van der Waals surface area (Å²) in [6.45, 7) is 4.00. The molecule has 0 aliphatic heterocycles. The normalized spacial score (nSPS) is 11.2. The van der Waals surface area contributed by atoms with Gasteiger partial charge in [-0.05, 0) is 124 Å². The number of anilines is 6. The maximum atomic E-state index is 2.45. The van der Waals surface area contributed by atoms with Crippen LogP contribution >= 0.6 is 22.7 Å². The summed E-state index contributed by atoms with van der Waals surface area (Å²) in [5.41, 5.74) is 13.7. The molecule has 0 N–H and O–H groups in total. The SMILES string of the molecule is CC.c1ccc(-c2cccc(N(c3ccccc3)c3cc(N(c4ccccc4)c4cccc(-c5ccccc5)c4)c4sc5ccc(-c6ccc7sc8ccccc8c7c6)cc5c4c3)c2)cc1. The van der Waals surface area contributed by atoms with Crippen molar-refractivity contribution in [3.63, 3.8) is 0 Å². The lowest BCUT2D eigenvalue weighted by atomic mass is 10.00. The fraction of sp³-hybridized carbons (Fsp3) is 0.0323. The number of fused-ring (bicyclic) bond motifs is 6. The predicted octanol–water partition coefficient (Wildman–Crippen LogP) is 19.4. The first-order valence-electron chi connectivity index (χ1n) is 22.7. The molecule has 316 valence electrons. The smallest absolute Gasteiger partial charge is 0.0661 e. The molecule has 2 heterocycles. The largest absolute Gasteiger partial charge is 0.310 e. The summed E-state index contributed by atoms with van der Waals surface area (Å²) < 4.78 is 5.12. The van der Waals surface area contributed by atoms with Crippen LogP contribution in [-0.4, -0.2) is 0 Å². The number of para-hydroxylation sites is 2. The van der Waals surface area contributed by atoms with E-state index in [1.54, 1.807) is 0 Å². The van der Waals surface area contributed by atoms with Crippen molar-refractivity contribution in [2.24, 2.45) is 0 Å². The molecule has 0 aliphatic rings. The number of nitrogens with zero attached hydrogens (tertiary/aromatic N) is 2. The average Bonchev–Trinajstić information content (AvgIpc) is 3.96. The molecule has 12 rings (SSSR count). The molecule has 0 spiro atoms. The van der Waals surface area contributed by atoms with Gasteiger partial charge in [-0.2, -0.15) is 0 Å². The summed E-state index contributed by atoms with van der Waals surface area (Å²) in [5.74, 6) is 0. The van der Waals surface area contributed by atoms with E-state index in [-0.39, 0.29) is 0 Å². The molecular formula is C62H46N2S2. The van der Waals surface area contributed by atoms with E-state index < -0.39 is 0 Å². The molecular weight excluding hydrogens is 837 g/mol. The van der Waals surface area contributed by atoms with Crippen molar-refractivity contribution in [3.8, 4) is 33.4 Å². The third kappa shape index (κ3) is 7.71. The Kier molecular flexibility index (Phi) is 11.2. The highest BCUT2D eigenvalue weighted by atomic mass is 32.1. The Morgan fingerprint density at radius 3 is 1.27 bits per heavy atom. The first-order chi connectivity index (χ1) is 32.7. The second-order valence-corrected chi connectivity index (χ2v) is 18.3. The standard InChI is InChI=1S/C60H40N2S2.C2H6/c1-5-17-41(18-6-1)43-21-15-27-49(35-43)61(47-23-9-3-10-24-47)51-39-55-54-38-46(45-31-33-58-53(37-45)52-29-13-14-30-57(52)63-58)32-34-59(54)64-60(55)56(40-51)62(48-25-11-4-12-26-48)50-28-16-22-44(36-50)42-19-7-2-8-20-42;1-2/h1-40H;1-2H3. The lowest BCUT2D eigenvalue weighted by molar-refractivity contribution is 1.26. The lowest BCUT2D eigenvalue weighted by Crippen LogP contribution is -2.13. The van der Waals surface area contributed by atoms with Gasteiger partial charge in [-0.3, -0.25) is 0 Å². The van der Waals surface area contributed by atoms with Gasteiger partial charge >= 0.3 is 0 Å². The Morgan fingerprint density at radius 2 is 0.682 bits per heavy atom. The summed E-state index contributed by atoms with van der Waals surface area (Å²) in [4.78, 5) is 4.87. The van der Waals surface area contributed by atoms with Crippen molar-refractivity contribution in [1.29, 1.82) is 0 Å². The monoisotopic (exact) mass is 882 g/mol. The van der Waals surface area contributed by atoms with Crippen LogP contribution in [0, 0.1) is 0 Å². The van der Waals surface area contributed by atoms with E-state index in [1.165, 1.54) is 73.7 Å². The fourth-order valence-electron chi connectivity index (χ4n) is 9.16. The third-order valence-corrected chi connectivity index (χ3v) is 14.6. The second kappa shape index (κ2) is 18.0. The molecule has 0 aliphatic carbocycles. The molecule has 4 heteroatoms. The van der Waals surface area contributed by atoms with Crippen molar-refractivity contribution < 1.29 is 0 Å². The molecule has 0 amide bonds. The summed E-state index contributed by atoms with van der Waals surface area (Å²) in [6.07, 6.45) is 0. The number of thiophene rings is 2. The van der Waals surface area contributed by atoms with Gasteiger partial charge in [0.15, 0.2) is 0 Å². The summed E-state index contributed by atoms with van der Waals surface area (Å²) in [6, 6.07) is 88.5. The minimum atomic E-state index is 1.08. The van der Waals surface area contributed by atoms with E-state index in [1.807, 2.05) is 36.5 Å². The van der Waals surface area contributed by atoms with Crippen LogP contribution in [0.5, 0.6) is 0 Å². The van der Waals surface area contributed by atoms with Crippen LogP contribution in [0.25, 0.3) is 73.7 Å². The predicted molar refractivity (Wildman–Crippen MR) is 289 cm³/mol. The van der Waals surface area contributed by atoms with Crippen LogP contribution in [0.1, 0.15) is 13.8 Å². The van der Waals surface area contributed by atoms with E-state index >= 15 is 0 Å². The second-order valence-electron chi connectivity index (χ2n) is 16.1. The fourth-order valence-corrected chi connectivity index (χ4v) is 11.4. The molecule has 2 aromatic heterocycles. The Morgan fingerprint density at radius 1 is 0.258 bits per heavy atom. The van der Waals surface area contributed by atoms with Crippen LogP contribution in [0.2, 0.25) is 0 Å². The molecule has 0 radical (unpaired) electrons. The number of rotatable bonds is 9. The zero-order valence-electron chi connectivity index (χ0n) is 36.8. The molecule has 0 atom stereocenters.